The van der Waals surface area contributed by atoms with Gasteiger partial charge in [0.25, 0.3) is 0 Å². The first kappa shape index (κ1) is 14.1. The molecule has 2 aromatic rings. The molecule has 0 aliphatic heterocycles. The summed E-state index contributed by atoms with van der Waals surface area (Å²) in [7, 11) is 1.60. The summed E-state index contributed by atoms with van der Waals surface area (Å²) in [5.74, 6) is 0.918. The van der Waals surface area contributed by atoms with Crippen LogP contribution in [0.3, 0.4) is 0 Å². The Balaban J connectivity index is 0.000000492. The van der Waals surface area contributed by atoms with Crippen molar-refractivity contribution in [2.24, 2.45) is 0 Å². The fourth-order valence-corrected chi connectivity index (χ4v) is 1.58. The summed E-state index contributed by atoms with van der Waals surface area (Å²) in [6, 6.07) is 14.9. The molecule has 0 atom stereocenters. The van der Waals surface area contributed by atoms with Crippen LogP contribution in [0.1, 0.15) is 20.3 Å². The van der Waals surface area contributed by atoms with Crippen molar-refractivity contribution in [3.05, 3.63) is 48.5 Å². The van der Waals surface area contributed by atoms with Gasteiger partial charge in [-0.05, 0) is 17.7 Å². The van der Waals surface area contributed by atoms with E-state index >= 15 is 0 Å². The molecule has 0 saturated heterocycles. The molecule has 2 rings (SSSR count). The van der Waals surface area contributed by atoms with E-state index in [0.717, 1.165) is 11.1 Å². The summed E-state index contributed by atoms with van der Waals surface area (Å²) in [6.07, 6.45) is 1.25. The van der Waals surface area contributed by atoms with Gasteiger partial charge in [-0.25, -0.2) is 0 Å². The van der Waals surface area contributed by atoms with Gasteiger partial charge >= 0.3 is 0 Å². The lowest BCUT2D eigenvalue weighted by Crippen LogP contribution is -1.87. The van der Waals surface area contributed by atoms with E-state index in [-0.39, 0.29) is 5.75 Å². The number of phenols is 1. The van der Waals surface area contributed by atoms with Crippen LogP contribution in [-0.2, 0) is 0 Å². The Hall–Kier alpha value is -1.96. The summed E-state index contributed by atoms with van der Waals surface area (Å²) in [4.78, 5) is 0. The number of rotatable bonds is 2. The number of methoxy groups -OCH3 is 1. The molecule has 0 aromatic heterocycles. The number of aromatic hydroxyl groups is 1. The van der Waals surface area contributed by atoms with Gasteiger partial charge in [-0.2, -0.15) is 0 Å². The maximum atomic E-state index is 9.80. The molecule has 0 radical (unpaired) electrons. The van der Waals surface area contributed by atoms with Gasteiger partial charge in [-0.15, -0.1) is 0 Å². The van der Waals surface area contributed by atoms with Gasteiger partial charge in [0.2, 0.25) is 0 Å². The van der Waals surface area contributed by atoms with Crippen molar-refractivity contribution in [3.63, 3.8) is 0 Å². The van der Waals surface area contributed by atoms with Crippen molar-refractivity contribution in [2.45, 2.75) is 20.3 Å². The van der Waals surface area contributed by atoms with Gasteiger partial charge in [0.15, 0.2) is 0 Å². The fourth-order valence-electron chi connectivity index (χ4n) is 1.58. The SMILES string of the molecule is CCC.COc1cccc(O)c1-c1ccccc1. The van der Waals surface area contributed by atoms with Gasteiger partial charge < -0.3 is 9.84 Å². The zero-order valence-corrected chi connectivity index (χ0v) is 11.2. The van der Waals surface area contributed by atoms with Crippen LogP contribution in [0.2, 0.25) is 0 Å². The van der Waals surface area contributed by atoms with Crippen molar-refractivity contribution in [1.82, 2.24) is 0 Å². The molecular formula is C16H20O2. The van der Waals surface area contributed by atoms with Crippen LogP contribution in [0.5, 0.6) is 11.5 Å². The smallest absolute Gasteiger partial charge is 0.130 e. The van der Waals surface area contributed by atoms with Crippen molar-refractivity contribution >= 4 is 0 Å². The fraction of sp³-hybridized carbons (Fsp3) is 0.250. The molecule has 0 bridgehead atoms. The molecule has 0 heterocycles. The lowest BCUT2D eigenvalue weighted by Gasteiger charge is -2.09. The summed E-state index contributed by atoms with van der Waals surface area (Å²) in [5, 5.41) is 9.80. The standard InChI is InChI=1S/C13H12O2.C3H8/c1-15-12-9-5-8-11(14)13(12)10-6-3-2-4-7-10;1-3-2/h2-9,14H,1H3;3H2,1-2H3. The Morgan fingerprint density at radius 3 is 2.11 bits per heavy atom. The molecule has 2 heteroatoms. The van der Waals surface area contributed by atoms with E-state index in [9.17, 15) is 5.11 Å². The average Bonchev–Trinajstić information content (AvgIpc) is 2.40. The second-order valence-corrected chi connectivity index (χ2v) is 3.93. The highest BCUT2D eigenvalue weighted by Crippen LogP contribution is 2.36. The van der Waals surface area contributed by atoms with E-state index in [1.807, 2.05) is 36.4 Å². The second-order valence-electron chi connectivity index (χ2n) is 3.93. The average molecular weight is 244 g/mol. The minimum absolute atomic E-state index is 0.237. The van der Waals surface area contributed by atoms with E-state index in [1.54, 1.807) is 19.2 Å². The van der Waals surface area contributed by atoms with Crippen LogP contribution in [0.15, 0.2) is 48.5 Å². The molecule has 2 nitrogen and oxygen atoms in total. The van der Waals surface area contributed by atoms with Crippen molar-refractivity contribution in [1.29, 1.82) is 0 Å². The van der Waals surface area contributed by atoms with Crippen molar-refractivity contribution in [2.75, 3.05) is 7.11 Å². The third kappa shape index (κ3) is 3.52. The van der Waals surface area contributed by atoms with Crippen LogP contribution in [-0.4, -0.2) is 12.2 Å². The number of benzene rings is 2. The van der Waals surface area contributed by atoms with Crippen LogP contribution in [0, 0.1) is 0 Å². The number of phenolic OH excluding ortho intramolecular Hbond substituents is 1. The number of ether oxygens (including phenoxy) is 1. The molecule has 0 aliphatic rings. The Bertz CT molecular complexity index is 464. The van der Waals surface area contributed by atoms with Crippen molar-refractivity contribution < 1.29 is 9.84 Å². The van der Waals surface area contributed by atoms with E-state index in [2.05, 4.69) is 13.8 Å². The topological polar surface area (TPSA) is 29.5 Å². The Morgan fingerprint density at radius 2 is 1.56 bits per heavy atom. The highest BCUT2D eigenvalue weighted by molar-refractivity contribution is 5.76. The maximum Gasteiger partial charge on any atom is 0.130 e. The van der Waals surface area contributed by atoms with Crippen molar-refractivity contribution in [3.8, 4) is 22.6 Å². The molecule has 1 N–H and O–H groups in total. The summed E-state index contributed by atoms with van der Waals surface area (Å²) < 4.78 is 5.22. The molecule has 0 amide bonds. The lowest BCUT2D eigenvalue weighted by atomic mass is 10.0. The highest BCUT2D eigenvalue weighted by Gasteiger charge is 2.09. The summed E-state index contributed by atoms with van der Waals surface area (Å²) in [5.41, 5.74) is 1.69. The van der Waals surface area contributed by atoms with Gasteiger partial charge in [0, 0.05) is 0 Å². The molecule has 18 heavy (non-hydrogen) atoms. The highest BCUT2D eigenvalue weighted by atomic mass is 16.5. The molecule has 0 unspecified atom stereocenters. The molecule has 0 fully saturated rings. The maximum absolute atomic E-state index is 9.80. The van der Waals surface area contributed by atoms with Crippen LogP contribution in [0.25, 0.3) is 11.1 Å². The lowest BCUT2D eigenvalue weighted by molar-refractivity contribution is 0.410. The van der Waals surface area contributed by atoms with Gasteiger partial charge in [0.05, 0.1) is 12.7 Å². The zero-order chi connectivity index (χ0) is 13.4. The number of hydrogen-bond donors (Lipinski definition) is 1. The van der Waals surface area contributed by atoms with Crippen LogP contribution >= 0.6 is 0 Å². The third-order valence-electron chi connectivity index (χ3n) is 2.29. The first-order valence-corrected chi connectivity index (χ1v) is 6.15. The van der Waals surface area contributed by atoms with Gasteiger partial charge in [0.1, 0.15) is 11.5 Å². The molecular weight excluding hydrogens is 224 g/mol. The Kier molecular flexibility index (Phi) is 5.78. The number of hydrogen-bond acceptors (Lipinski definition) is 2. The van der Waals surface area contributed by atoms with Crippen LogP contribution in [0.4, 0.5) is 0 Å². The van der Waals surface area contributed by atoms with E-state index < -0.39 is 0 Å². The first-order valence-electron chi connectivity index (χ1n) is 6.15. The zero-order valence-electron chi connectivity index (χ0n) is 11.2. The third-order valence-corrected chi connectivity index (χ3v) is 2.29. The predicted octanol–water partition coefficient (Wildman–Crippen LogP) is 4.48. The first-order chi connectivity index (χ1) is 8.74. The molecule has 0 saturated carbocycles. The van der Waals surface area contributed by atoms with E-state index in [4.69, 9.17) is 4.74 Å². The Morgan fingerprint density at radius 1 is 0.944 bits per heavy atom. The molecule has 0 spiro atoms. The normalized spacial score (nSPS) is 9.28. The molecule has 96 valence electrons. The van der Waals surface area contributed by atoms with Gasteiger partial charge in [-0.3, -0.25) is 0 Å². The van der Waals surface area contributed by atoms with Crippen LogP contribution < -0.4 is 4.74 Å². The summed E-state index contributed by atoms with van der Waals surface area (Å²) in [6.45, 7) is 4.25. The molecule has 0 aliphatic carbocycles. The molecule has 2 aromatic carbocycles. The van der Waals surface area contributed by atoms with E-state index in [0.29, 0.717) is 5.75 Å². The monoisotopic (exact) mass is 244 g/mol. The summed E-state index contributed by atoms with van der Waals surface area (Å²) >= 11 is 0. The minimum atomic E-state index is 0.237. The quantitative estimate of drug-likeness (QED) is 0.843. The van der Waals surface area contributed by atoms with E-state index in [1.165, 1.54) is 6.42 Å². The largest absolute Gasteiger partial charge is 0.507 e. The second kappa shape index (κ2) is 7.38. The predicted molar refractivity (Wildman–Crippen MR) is 76.1 cm³/mol. The minimum Gasteiger partial charge on any atom is -0.507 e. The Labute approximate surface area is 109 Å². The van der Waals surface area contributed by atoms with Gasteiger partial charge in [-0.1, -0.05) is 56.7 Å².